The second kappa shape index (κ2) is 5.25. The molecule has 4 nitrogen and oxygen atoms in total. The Morgan fingerprint density at radius 2 is 1.94 bits per heavy atom. The highest BCUT2D eigenvalue weighted by Gasteiger charge is 2.32. The molecule has 90 valence electrons. The van der Waals surface area contributed by atoms with Crippen LogP contribution in [0.1, 0.15) is 5.56 Å². The molecule has 1 aliphatic rings. The van der Waals surface area contributed by atoms with Gasteiger partial charge in [-0.2, -0.15) is 11.3 Å². The fourth-order valence-corrected chi connectivity index (χ4v) is 2.68. The number of β-amino-alcohol motifs (C(OH)–C–C–N with tert-alkyl or cyclic N) is 2. The van der Waals surface area contributed by atoms with Crippen LogP contribution in [0.4, 0.5) is 0 Å². The van der Waals surface area contributed by atoms with Crippen molar-refractivity contribution < 1.29 is 15.3 Å². The van der Waals surface area contributed by atoms with Crippen LogP contribution in [0, 0.1) is 0 Å². The van der Waals surface area contributed by atoms with Crippen molar-refractivity contribution in [1.82, 2.24) is 4.90 Å². The predicted octanol–water partition coefficient (Wildman–Crippen LogP) is -0.311. The van der Waals surface area contributed by atoms with Gasteiger partial charge in [0.15, 0.2) is 0 Å². The molecular formula is C11H17NO3S. The van der Waals surface area contributed by atoms with Gasteiger partial charge >= 0.3 is 0 Å². The lowest BCUT2D eigenvalue weighted by atomic mass is 10.0. The van der Waals surface area contributed by atoms with Crippen molar-refractivity contribution in [2.75, 3.05) is 19.6 Å². The van der Waals surface area contributed by atoms with Crippen molar-refractivity contribution in [3.63, 3.8) is 0 Å². The minimum Gasteiger partial charge on any atom is -0.389 e. The minimum atomic E-state index is -1.00. The Morgan fingerprint density at radius 3 is 2.50 bits per heavy atom. The van der Waals surface area contributed by atoms with Gasteiger partial charge in [-0.3, -0.25) is 4.90 Å². The lowest BCUT2D eigenvalue weighted by molar-refractivity contribution is -0.109. The van der Waals surface area contributed by atoms with E-state index in [1.54, 1.807) is 11.3 Å². The molecule has 5 heteroatoms. The van der Waals surface area contributed by atoms with Gasteiger partial charge < -0.3 is 15.3 Å². The molecule has 1 aromatic rings. The number of nitrogens with zero attached hydrogens (tertiary/aromatic N) is 1. The zero-order valence-corrected chi connectivity index (χ0v) is 9.81. The van der Waals surface area contributed by atoms with Crippen molar-refractivity contribution >= 4 is 11.3 Å². The van der Waals surface area contributed by atoms with Gasteiger partial charge in [0.05, 0.1) is 12.2 Å². The van der Waals surface area contributed by atoms with E-state index in [1.807, 2.05) is 10.3 Å². The lowest BCUT2D eigenvalue weighted by Gasteiger charge is -2.36. The molecule has 0 aliphatic carbocycles. The third kappa shape index (κ3) is 2.81. The van der Waals surface area contributed by atoms with Crippen molar-refractivity contribution in [1.29, 1.82) is 0 Å². The van der Waals surface area contributed by atoms with E-state index in [9.17, 15) is 15.3 Å². The summed E-state index contributed by atoms with van der Waals surface area (Å²) in [7, 11) is 0. The van der Waals surface area contributed by atoms with Gasteiger partial charge in [0.25, 0.3) is 0 Å². The van der Waals surface area contributed by atoms with Crippen LogP contribution >= 0.6 is 11.3 Å². The van der Waals surface area contributed by atoms with Crippen LogP contribution < -0.4 is 0 Å². The summed E-state index contributed by atoms with van der Waals surface area (Å²) in [5.74, 6) is 0. The van der Waals surface area contributed by atoms with Crippen molar-refractivity contribution in [3.8, 4) is 0 Å². The summed E-state index contributed by atoms with van der Waals surface area (Å²) in [6.45, 7) is 1.67. The largest absolute Gasteiger partial charge is 0.389 e. The smallest absolute Gasteiger partial charge is 0.108 e. The molecule has 1 aromatic heterocycles. The van der Waals surface area contributed by atoms with E-state index in [4.69, 9.17) is 0 Å². The molecule has 1 fully saturated rings. The molecular weight excluding hydrogens is 226 g/mol. The van der Waals surface area contributed by atoms with Crippen LogP contribution in [-0.4, -0.2) is 58.2 Å². The van der Waals surface area contributed by atoms with Gasteiger partial charge in [-0.25, -0.2) is 0 Å². The monoisotopic (exact) mass is 243 g/mol. The molecule has 0 radical (unpaired) electrons. The van der Waals surface area contributed by atoms with Crippen LogP contribution in [0.15, 0.2) is 16.8 Å². The van der Waals surface area contributed by atoms with E-state index in [-0.39, 0.29) is 0 Å². The highest BCUT2D eigenvalue weighted by Crippen LogP contribution is 2.13. The number of hydrogen-bond acceptors (Lipinski definition) is 5. The summed E-state index contributed by atoms with van der Waals surface area (Å²) in [6, 6.07) is 2.08. The van der Waals surface area contributed by atoms with Gasteiger partial charge in [0.1, 0.15) is 6.10 Å². The molecule has 0 spiro atoms. The zero-order chi connectivity index (χ0) is 11.5. The maximum Gasteiger partial charge on any atom is 0.108 e. The fourth-order valence-electron chi connectivity index (χ4n) is 1.98. The summed E-state index contributed by atoms with van der Waals surface area (Å²) in [5.41, 5.74) is 1.28. The van der Waals surface area contributed by atoms with E-state index < -0.39 is 18.3 Å². The third-order valence-corrected chi connectivity index (χ3v) is 3.71. The van der Waals surface area contributed by atoms with Gasteiger partial charge in [-0.15, -0.1) is 0 Å². The Labute approximate surface area is 98.8 Å². The Bertz CT molecular complexity index is 305. The van der Waals surface area contributed by atoms with Crippen LogP contribution in [0.2, 0.25) is 0 Å². The first-order chi connectivity index (χ1) is 7.66. The first kappa shape index (κ1) is 12.0. The normalized spacial score (nSPS) is 31.8. The SMILES string of the molecule is OC1CN(CCc2ccsc2)CC(O)C1O. The average Bonchev–Trinajstić information content (AvgIpc) is 2.75. The van der Waals surface area contributed by atoms with E-state index in [0.717, 1.165) is 13.0 Å². The number of aliphatic hydroxyl groups is 3. The zero-order valence-electron chi connectivity index (χ0n) is 8.99. The summed E-state index contributed by atoms with van der Waals surface area (Å²) >= 11 is 1.67. The Hall–Kier alpha value is -0.460. The topological polar surface area (TPSA) is 63.9 Å². The molecule has 3 N–H and O–H groups in total. The van der Waals surface area contributed by atoms with E-state index in [1.165, 1.54) is 5.56 Å². The molecule has 2 heterocycles. The maximum atomic E-state index is 9.53. The second-order valence-electron chi connectivity index (χ2n) is 4.27. The Balaban J connectivity index is 1.82. The van der Waals surface area contributed by atoms with Crippen molar-refractivity contribution in [2.24, 2.45) is 0 Å². The molecule has 16 heavy (non-hydrogen) atoms. The van der Waals surface area contributed by atoms with Crippen LogP contribution in [0.25, 0.3) is 0 Å². The van der Waals surface area contributed by atoms with Crippen LogP contribution in [0.5, 0.6) is 0 Å². The molecule has 1 aliphatic heterocycles. The summed E-state index contributed by atoms with van der Waals surface area (Å²) < 4.78 is 0. The van der Waals surface area contributed by atoms with Crippen LogP contribution in [-0.2, 0) is 6.42 Å². The number of piperidine rings is 1. The highest BCUT2D eigenvalue weighted by atomic mass is 32.1. The molecule has 2 atom stereocenters. The standard InChI is InChI=1S/C11H17NO3S/c13-9-5-12(6-10(14)11(9)15)3-1-8-2-4-16-7-8/h2,4,7,9-11,13-15H,1,3,5-6H2. The first-order valence-corrected chi connectivity index (χ1v) is 6.38. The molecule has 0 bridgehead atoms. The third-order valence-electron chi connectivity index (χ3n) is 2.98. The first-order valence-electron chi connectivity index (χ1n) is 5.44. The summed E-state index contributed by atoms with van der Waals surface area (Å²) in [6.07, 6.45) is -1.77. The lowest BCUT2D eigenvalue weighted by Crippen LogP contribution is -2.55. The van der Waals surface area contributed by atoms with Gasteiger partial charge in [0.2, 0.25) is 0 Å². The average molecular weight is 243 g/mol. The molecule has 0 aromatic carbocycles. The van der Waals surface area contributed by atoms with E-state index in [2.05, 4.69) is 11.4 Å². The number of rotatable bonds is 3. The molecule has 0 saturated carbocycles. The predicted molar refractivity (Wildman–Crippen MR) is 62.5 cm³/mol. The van der Waals surface area contributed by atoms with Gasteiger partial charge in [-0.05, 0) is 28.8 Å². The number of aliphatic hydroxyl groups excluding tert-OH is 3. The molecule has 2 unspecified atom stereocenters. The van der Waals surface area contributed by atoms with Gasteiger partial charge in [-0.1, -0.05) is 0 Å². The quantitative estimate of drug-likeness (QED) is 0.681. The van der Waals surface area contributed by atoms with E-state index >= 15 is 0 Å². The minimum absolute atomic E-state index is 0.433. The maximum absolute atomic E-state index is 9.53. The number of thiophene rings is 1. The summed E-state index contributed by atoms with van der Waals surface area (Å²) in [4.78, 5) is 1.99. The Morgan fingerprint density at radius 1 is 1.25 bits per heavy atom. The fraction of sp³-hybridized carbons (Fsp3) is 0.636. The number of hydrogen-bond donors (Lipinski definition) is 3. The molecule has 1 saturated heterocycles. The van der Waals surface area contributed by atoms with Crippen molar-refractivity contribution in [2.45, 2.75) is 24.7 Å². The number of likely N-dealkylation sites (tertiary alicyclic amines) is 1. The van der Waals surface area contributed by atoms with Crippen molar-refractivity contribution in [3.05, 3.63) is 22.4 Å². The van der Waals surface area contributed by atoms with E-state index in [0.29, 0.717) is 13.1 Å². The molecule has 0 amide bonds. The summed E-state index contributed by atoms with van der Waals surface area (Å²) in [5, 5.41) is 32.6. The van der Waals surface area contributed by atoms with Crippen LogP contribution in [0.3, 0.4) is 0 Å². The Kier molecular flexibility index (Phi) is 3.94. The highest BCUT2D eigenvalue weighted by molar-refractivity contribution is 7.07. The second-order valence-corrected chi connectivity index (χ2v) is 5.05. The van der Waals surface area contributed by atoms with Gasteiger partial charge in [0, 0.05) is 19.6 Å². The molecule has 2 rings (SSSR count).